The van der Waals surface area contributed by atoms with E-state index in [1.807, 2.05) is 35.0 Å². The van der Waals surface area contributed by atoms with Crippen LogP contribution in [-0.4, -0.2) is 52.7 Å². The van der Waals surface area contributed by atoms with Gasteiger partial charge < -0.3 is 10.6 Å². The van der Waals surface area contributed by atoms with Crippen LogP contribution in [0.5, 0.6) is 0 Å². The smallest absolute Gasteiger partial charge is 0.225 e. The molecule has 0 spiro atoms. The van der Waals surface area contributed by atoms with Crippen LogP contribution in [0.15, 0.2) is 59.8 Å². The van der Waals surface area contributed by atoms with E-state index in [1.54, 1.807) is 24.5 Å². The minimum Gasteiger partial charge on any atom is -0.396 e. The van der Waals surface area contributed by atoms with Gasteiger partial charge in [-0.15, -0.1) is 5.10 Å². The number of anilines is 2. The van der Waals surface area contributed by atoms with Crippen molar-refractivity contribution >= 4 is 32.5 Å². The maximum atomic E-state index is 11.7. The average Bonchev–Trinajstić information content (AvgIpc) is 3.22. The van der Waals surface area contributed by atoms with E-state index in [0.29, 0.717) is 16.5 Å². The molecule has 0 atom stereocenters. The fourth-order valence-electron chi connectivity index (χ4n) is 4.09. The third-order valence-corrected chi connectivity index (χ3v) is 6.97. The second-order valence-electron chi connectivity index (χ2n) is 8.07. The second kappa shape index (κ2) is 7.86. The first-order chi connectivity index (χ1) is 15.4. The Bertz CT molecular complexity index is 1360. The van der Waals surface area contributed by atoms with Crippen LogP contribution in [-0.2, 0) is 9.84 Å². The summed E-state index contributed by atoms with van der Waals surface area (Å²) in [5.74, 6) is 0.702. The molecule has 164 valence electrons. The number of nitrogens with two attached hydrogens (primary N) is 1. The Kier molecular flexibility index (Phi) is 5.01. The minimum absolute atomic E-state index is 0.255. The van der Waals surface area contributed by atoms with E-state index in [4.69, 9.17) is 5.73 Å². The SMILES string of the molecule is CS(=O)(=O)c1ccc(-c2ccc3c(c2)nnn3C2CCN(c3ncc(N)cn3)CC2)cc1. The molecule has 4 aromatic rings. The standard InChI is InChI=1S/C22H23N7O2S/c1-32(30,31)19-5-2-15(3-6-19)16-4-7-21-20(12-16)26-27-29(21)18-8-10-28(11-9-18)22-24-13-17(23)14-25-22/h2-7,12-14,18H,8-11,23H2,1H3. The lowest BCUT2D eigenvalue weighted by Crippen LogP contribution is -2.36. The van der Waals surface area contributed by atoms with Gasteiger partial charge in [0.25, 0.3) is 0 Å². The van der Waals surface area contributed by atoms with Gasteiger partial charge in [-0.2, -0.15) is 0 Å². The summed E-state index contributed by atoms with van der Waals surface area (Å²) >= 11 is 0. The van der Waals surface area contributed by atoms with Crippen LogP contribution in [0.4, 0.5) is 11.6 Å². The van der Waals surface area contributed by atoms with Gasteiger partial charge >= 0.3 is 0 Å². The largest absolute Gasteiger partial charge is 0.396 e. The van der Waals surface area contributed by atoms with Gasteiger partial charge in [0.05, 0.1) is 34.5 Å². The lowest BCUT2D eigenvalue weighted by Gasteiger charge is -2.32. The number of sulfone groups is 1. The predicted octanol–water partition coefficient (Wildman–Crippen LogP) is 2.72. The number of nitrogens with zero attached hydrogens (tertiary/aromatic N) is 6. The zero-order chi connectivity index (χ0) is 22.3. The summed E-state index contributed by atoms with van der Waals surface area (Å²) in [5, 5.41) is 8.82. The molecule has 0 bridgehead atoms. The Morgan fingerprint density at radius 1 is 0.969 bits per heavy atom. The van der Waals surface area contributed by atoms with Gasteiger partial charge in [-0.25, -0.2) is 23.1 Å². The summed E-state index contributed by atoms with van der Waals surface area (Å²) in [5.41, 5.74) is 9.96. The first-order valence-corrected chi connectivity index (χ1v) is 12.3. The Labute approximate surface area is 185 Å². The van der Waals surface area contributed by atoms with Crippen molar-refractivity contribution in [2.45, 2.75) is 23.8 Å². The van der Waals surface area contributed by atoms with E-state index in [1.165, 1.54) is 6.26 Å². The van der Waals surface area contributed by atoms with Crippen LogP contribution in [0.2, 0.25) is 0 Å². The number of benzene rings is 2. The molecule has 2 aromatic heterocycles. The average molecular weight is 450 g/mol. The number of nitrogen functional groups attached to an aromatic ring is 1. The lowest BCUT2D eigenvalue weighted by molar-refractivity contribution is 0.367. The minimum atomic E-state index is -3.21. The van der Waals surface area contributed by atoms with Crippen molar-refractivity contribution in [3.8, 4) is 11.1 Å². The number of rotatable bonds is 4. The summed E-state index contributed by atoms with van der Waals surface area (Å²) in [6, 6.07) is 13.2. The highest BCUT2D eigenvalue weighted by Gasteiger charge is 2.24. The molecule has 1 saturated heterocycles. The van der Waals surface area contributed by atoms with E-state index in [0.717, 1.165) is 48.1 Å². The second-order valence-corrected chi connectivity index (χ2v) is 10.1. The van der Waals surface area contributed by atoms with Crippen LogP contribution < -0.4 is 10.6 Å². The summed E-state index contributed by atoms with van der Waals surface area (Å²) in [7, 11) is -3.21. The van der Waals surface area contributed by atoms with Gasteiger partial charge in [0, 0.05) is 19.3 Å². The molecule has 9 nitrogen and oxygen atoms in total. The summed E-state index contributed by atoms with van der Waals surface area (Å²) in [6.07, 6.45) is 6.30. The Morgan fingerprint density at radius 3 is 2.28 bits per heavy atom. The van der Waals surface area contributed by atoms with Crippen molar-refractivity contribution < 1.29 is 8.42 Å². The van der Waals surface area contributed by atoms with E-state index in [9.17, 15) is 8.42 Å². The molecule has 0 saturated carbocycles. The normalized spacial score (nSPS) is 15.3. The molecule has 0 aliphatic carbocycles. The van der Waals surface area contributed by atoms with Gasteiger partial charge in [-0.05, 0) is 48.2 Å². The highest BCUT2D eigenvalue weighted by molar-refractivity contribution is 7.90. The number of fused-ring (bicyclic) bond motifs is 1. The molecule has 1 fully saturated rings. The summed E-state index contributed by atoms with van der Waals surface area (Å²) in [4.78, 5) is 11.1. The number of aromatic nitrogens is 5. The van der Waals surface area contributed by atoms with Crippen LogP contribution in [0.25, 0.3) is 22.2 Å². The molecule has 1 aliphatic rings. The van der Waals surface area contributed by atoms with Gasteiger partial charge in [0.1, 0.15) is 5.52 Å². The fraction of sp³-hybridized carbons (Fsp3) is 0.273. The number of piperidine rings is 1. The molecule has 2 aromatic carbocycles. The molecule has 32 heavy (non-hydrogen) atoms. The van der Waals surface area contributed by atoms with Crippen molar-refractivity contribution in [3.05, 3.63) is 54.9 Å². The van der Waals surface area contributed by atoms with Gasteiger partial charge in [0.15, 0.2) is 9.84 Å². The van der Waals surface area contributed by atoms with Crippen LogP contribution >= 0.6 is 0 Å². The Morgan fingerprint density at radius 2 is 1.62 bits per heavy atom. The van der Waals surface area contributed by atoms with Gasteiger partial charge in [-0.1, -0.05) is 23.4 Å². The molecule has 0 amide bonds. The maximum absolute atomic E-state index is 11.7. The van der Waals surface area contributed by atoms with Gasteiger partial charge in [0.2, 0.25) is 5.95 Å². The third kappa shape index (κ3) is 3.89. The molecular weight excluding hydrogens is 426 g/mol. The zero-order valence-corrected chi connectivity index (χ0v) is 18.4. The van der Waals surface area contributed by atoms with Crippen molar-refractivity contribution in [2.24, 2.45) is 0 Å². The first-order valence-electron chi connectivity index (χ1n) is 10.4. The predicted molar refractivity (Wildman–Crippen MR) is 123 cm³/mol. The summed E-state index contributed by atoms with van der Waals surface area (Å²) < 4.78 is 25.4. The third-order valence-electron chi connectivity index (χ3n) is 5.84. The molecule has 1 aliphatic heterocycles. The van der Waals surface area contributed by atoms with Crippen LogP contribution in [0, 0.1) is 0 Å². The molecule has 2 N–H and O–H groups in total. The van der Waals surface area contributed by atoms with Crippen LogP contribution in [0.3, 0.4) is 0 Å². The van der Waals surface area contributed by atoms with E-state index < -0.39 is 9.84 Å². The molecular formula is C22H23N7O2S. The molecule has 10 heteroatoms. The lowest BCUT2D eigenvalue weighted by atomic mass is 10.0. The van der Waals surface area contributed by atoms with Crippen LogP contribution in [0.1, 0.15) is 18.9 Å². The topological polar surface area (TPSA) is 120 Å². The van der Waals surface area contributed by atoms with Crippen molar-refractivity contribution in [3.63, 3.8) is 0 Å². The molecule has 3 heterocycles. The number of hydrogen-bond acceptors (Lipinski definition) is 8. The highest BCUT2D eigenvalue weighted by Crippen LogP contribution is 2.29. The maximum Gasteiger partial charge on any atom is 0.225 e. The van der Waals surface area contributed by atoms with E-state index >= 15 is 0 Å². The van der Waals surface area contributed by atoms with Crippen molar-refractivity contribution in [2.75, 3.05) is 30.0 Å². The highest BCUT2D eigenvalue weighted by atomic mass is 32.2. The molecule has 0 unspecified atom stereocenters. The monoisotopic (exact) mass is 449 g/mol. The first kappa shape index (κ1) is 20.4. The van der Waals surface area contributed by atoms with E-state index in [2.05, 4.69) is 25.2 Å². The van der Waals surface area contributed by atoms with Crippen molar-refractivity contribution in [1.29, 1.82) is 0 Å². The molecule has 5 rings (SSSR count). The fourth-order valence-corrected chi connectivity index (χ4v) is 4.72. The number of hydrogen-bond donors (Lipinski definition) is 1. The van der Waals surface area contributed by atoms with Crippen molar-refractivity contribution in [1.82, 2.24) is 25.0 Å². The molecule has 0 radical (unpaired) electrons. The van der Waals surface area contributed by atoms with E-state index in [-0.39, 0.29) is 6.04 Å². The van der Waals surface area contributed by atoms with Gasteiger partial charge in [-0.3, -0.25) is 0 Å². The quantitative estimate of drug-likeness (QED) is 0.505. The Hall–Kier alpha value is -3.53. The zero-order valence-electron chi connectivity index (χ0n) is 17.6. The summed E-state index contributed by atoms with van der Waals surface area (Å²) in [6.45, 7) is 1.67. The Balaban J connectivity index is 1.34.